The van der Waals surface area contributed by atoms with E-state index in [4.69, 9.17) is 28.6 Å². The minimum absolute atomic E-state index is 0.138. The van der Waals surface area contributed by atoms with Gasteiger partial charge in [0.05, 0.1) is 17.2 Å². The van der Waals surface area contributed by atoms with Gasteiger partial charge in [-0.1, -0.05) is 53.8 Å². The van der Waals surface area contributed by atoms with Crippen molar-refractivity contribution in [3.05, 3.63) is 64.0 Å². The summed E-state index contributed by atoms with van der Waals surface area (Å²) in [6.07, 6.45) is 1.83. The summed E-state index contributed by atoms with van der Waals surface area (Å²) >= 11 is 12.7. The summed E-state index contributed by atoms with van der Waals surface area (Å²) in [6.45, 7) is 2.56. The van der Waals surface area contributed by atoms with E-state index in [1.807, 2.05) is 43.3 Å². The van der Waals surface area contributed by atoms with Crippen LogP contribution in [0.4, 0.5) is 5.69 Å². The van der Waals surface area contributed by atoms with Gasteiger partial charge in [0.1, 0.15) is 5.75 Å². The van der Waals surface area contributed by atoms with Crippen LogP contribution in [-0.4, -0.2) is 16.8 Å². The number of anilines is 1. The Morgan fingerprint density at radius 3 is 2.67 bits per heavy atom. The molecule has 0 aromatic heterocycles. The number of carbonyl (C=O) groups is 1. The molecule has 1 heterocycles. The van der Waals surface area contributed by atoms with Crippen molar-refractivity contribution in [1.82, 2.24) is 0 Å². The predicted octanol–water partition coefficient (Wildman–Crippen LogP) is 5.14. The number of hydrogen-bond donors (Lipinski definition) is 0. The van der Waals surface area contributed by atoms with Crippen LogP contribution in [0.15, 0.2) is 53.4 Å². The number of thiocarbonyl (C=S) groups is 1. The maximum absolute atomic E-state index is 12.7. The molecule has 0 radical (unpaired) electrons. The van der Waals surface area contributed by atoms with Gasteiger partial charge in [-0.25, -0.2) is 0 Å². The fraction of sp³-hybridized carbons (Fsp3) is 0.111. The third kappa shape index (κ3) is 3.64. The topological polar surface area (TPSA) is 29.5 Å². The summed E-state index contributed by atoms with van der Waals surface area (Å²) in [4.78, 5) is 14.8. The van der Waals surface area contributed by atoms with Crippen molar-refractivity contribution < 1.29 is 9.53 Å². The molecule has 1 aliphatic rings. The Morgan fingerprint density at radius 1 is 1.25 bits per heavy atom. The zero-order valence-corrected chi connectivity index (χ0v) is 15.3. The largest absolute Gasteiger partial charge is 0.494 e. The lowest BCUT2D eigenvalue weighted by Crippen LogP contribution is -2.27. The van der Waals surface area contributed by atoms with Crippen molar-refractivity contribution in [2.24, 2.45) is 0 Å². The van der Waals surface area contributed by atoms with E-state index in [0.29, 0.717) is 26.5 Å². The Bertz CT molecular complexity index is 818. The van der Waals surface area contributed by atoms with Gasteiger partial charge < -0.3 is 4.74 Å². The van der Waals surface area contributed by atoms with E-state index in [-0.39, 0.29) is 5.91 Å². The number of rotatable bonds is 4. The van der Waals surface area contributed by atoms with Gasteiger partial charge >= 0.3 is 0 Å². The fourth-order valence-electron chi connectivity index (χ4n) is 2.28. The smallest absolute Gasteiger partial charge is 0.270 e. The second-order valence-corrected chi connectivity index (χ2v) is 7.11. The van der Waals surface area contributed by atoms with E-state index in [9.17, 15) is 4.79 Å². The van der Waals surface area contributed by atoms with Crippen LogP contribution < -0.4 is 9.64 Å². The Labute approximate surface area is 155 Å². The number of halogens is 1. The van der Waals surface area contributed by atoms with Crippen molar-refractivity contribution in [3.8, 4) is 5.75 Å². The average Bonchev–Trinajstić information content (AvgIpc) is 2.83. The molecule has 0 bridgehead atoms. The van der Waals surface area contributed by atoms with Gasteiger partial charge in [0, 0.05) is 5.02 Å². The first kappa shape index (κ1) is 17.0. The van der Waals surface area contributed by atoms with Gasteiger partial charge in [-0.05, 0) is 48.9 Å². The molecule has 1 amide bonds. The SMILES string of the molecule is CCOc1ccc(C=C2SC(=S)N(c3cccc(Cl)c3)C2=O)cc1. The van der Waals surface area contributed by atoms with Crippen molar-refractivity contribution in [1.29, 1.82) is 0 Å². The molecule has 1 saturated heterocycles. The van der Waals surface area contributed by atoms with Gasteiger partial charge in [0.15, 0.2) is 4.32 Å². The highest BCUT2D eigenvalue weighted by molar-refractivity contribution is 8.27. The number of thioether (sulfide) groups is 1. The van der Waals surface area contributed by atoms with Crippen molar-refractivity contribution in [2.75, 3.05) is 11.5 Å². The number of amides is 1. The first-order chi connectivity index (χ1) is 11.6. The first-order valence-corrected chi connectivity index (χ1v) is 8.95. The van der Waals surface area contributed by atoms with Crippen LogP contribution in [0.3, 0.4) is 0 Å². The van der Waals surface area contributed by atoms with Crippen LogP contribution in [0.25, 0.3) is 6.08 Å². The molecular formula is C18H14ClNO2S2. The second kappa shape index (κ2) is 7.38. The Balaban J connectivity index is 1.85. The minimum atomic E-state index is -0.138. The molecule has 3 nitrogen and oxygen atoms in total. The molecule has 122 valence electrons. The van der Waals surface area contributed by atoms with Crippen molar-refractivity contribution in [3.63, 3.8) is 0 Å². The molecule has 0 atom stereocenters. The number of nitrogens with zero attached hydrogens (tertiary/aromatic N) is 1. The van der Waals surface area contributed by atoms with Gasteiger partial charge in [-0.3, -0.25) is 9.69 Å². The van der Waals surface area contributed by atoms with E-state index in [0.717, 1.165) is 11.3 Å². The summed E-state index contributed by atoms with van der Waals surface area (Å²) in [5, 5.41) is 0.567. The van der Waals surface area contributed by atoms with Gasteiger partial charge in [-0.15, -0.1) is 0 Å². The van der Waals surface area contributed by atoms with Crippen LogP contribution in [0, 0.1) is 0 Å². The molecule has 0 saturated carbocycles. The number of benzene rings is 2. The van der Waals surface area contributed by atoms with Crippen LogP contribution in [0.5, 0.6) is 5.75 Å². The Morgan fingerprint density at radius 2 is 2.00 bits per heavy atom. The molecule has 6 heteroatoms. The molecule has 0 N–H and O–H groups in total. The van der Waals surface area contributed by atoms with Crippen molar-refractivity contribution in [2.45, 2.75) is 6.92 Å². The van der Waals surface area contributed by atoms with Gasteiger partial charge in [-0.2, -0.15) is 0 Å². The molecule has 1 fully saturated rings. The lowest BCUT2D eigenvalue weighted by Gasteiger charge is -2.14. The second-order valence-electron chi connectivity index (χ2n) is 5.00. The van der Waals surface area contributed by atoms with E-state index in [2.05, 4.69) is 0 Å². The maximum atomic E-state index is 12.7. The quantitative estimate of drug-likeness (QED) is 0.546. The first-order valence-electron chi connectivity index (χ1n) is 7.35. The van der Waals surface area contributed by atoms with Crippen LogP contribution in [0.2, 0.25) is 5.02 Å². The lowest BCUT2D eigenvalue weighted by atomic mass is 10.2. The van der Waals surface area contributed by atoms with Crippen LogP contribution in [0.1, 0.15) is 12.5 Å². The van der Waals surface area contributed by atoms with Gasteiger partial charge in [0.25, 0.3) is 5.91 Å². The summed E-state index contributed by atoms with van der Waals surface area (Å²) in [5.41, 5.74) is 1.60. The molecule has 24 heavy (non-hydrogen) atoms. The van der Waals surface area contributed by atoms with Crippen molar-refractivity contribution >= 4 is 57.6 Å². The van der Waals surface area contributed by atoms with Gasteiger partial charge in [0.2, 0.25) is 0 Å². The van der Waals surface area contributed by atoms with E-state index in [1.54, 1.807) is 18.2 Å². The molecule has 0 unspecified atom stereocenters. The van der Waals surface area contributed by atoms with Crippen LogP contribution in [-0.2, 0) is 4.79 Å². The van der Waals surface area contributed by atoms with E-state index < -0.39 is 0 Å². The summed E-state index contributed by atoms with van der Waals surface area (Å²) in [7, 11) is 0. The Hall–Kier alpha value is -1.82. The minimum Gasteiger partial charge on any atom is -0.494 e. The normalized spacial score (nSPS) is 16.1. The maximum Gasteiger partial charge on any atom is 0.270 e. The molecule has 2 aromatic rings. The number of carbonyl (C=O) groups excluding carboxylic acids is 1. The summed E-state index contributed by atoms with van der Waals surface area (Å²) in [6, 6.07) is 14.7. The number of hydrogen-bond acceptors (Lipinski definition) is 4. The molecule has 1 aliphatic heterocycles. The summed E-state index contributed by atoms with van der Waals surface area (Å²) < 4.78 is 5.92. The highest BCUT2D eigenvalue weighted by Crippen LogP contribution is 2.36. The standard InChI is InChI=1S/C18H14ClNO2S2/c1-2-22-15-8-6-12(7-9-15)10-16-17(21)20(18(23)24-16)14-5-3-4-13(19)11-14/h3-11H,2H2,1H3. The average molecular weight is 376 g/mol. The third-order valence-electron chi connectivity index (χ3n) is 3.35. The van der Waals surface area contributed by atoms with Crippen LogP contribution >= 0.6 is 35.6 Å². The number of ether oxygens (including phenoxy) is 1. The molecule has 0 aliphatic carbocycles. The monoisotopic (exact) mass is 375 g/mol. The Kier molecular flexibility index (Phi) is 5.23. The zero-order chi connectivity index (χ0) is 17.1. The fourth-order valence-corrected chi connectivity index (χ4v) is 3.77. The zero-order valence-electron chi connectivity index (χ0n) is 12.9. The molecule has 3 rings (SSSR count). The molecular weight excluding hydrogens is 362 g/mol. The van der Waals surface area contributed by atoms with E-state index in [1.165, 1.54) is 16.7 Å². The highest BCUT2D eigenvalue weighted by atomic mass is 35.5. The third-order valence-corrected chi connectivity index (χ3v) is 4.89. The summed E-state index contributed by atoms with van der Waals surface area (Å²) in [5.74, 6) is 0.669. The predicted molar refractivity (Wildman–Crippen MR) is 105 cm³/mol. The van der Waals surface area contributed by atoms with E-state index >= 15 is 0 Å². The molecule has 0 spiro atoms. The molecule has 2 aromatic carbocycles. The highest BCUT2D eigenvalue weighted by Gasteiger charge is 2.33. The lowest BCUT2D eigenvalue weighted by molar-refractivity contribution is -0.113.